The van der Waals surface area contributed by atoms with E-state index in [4.69, 9.17) is 0 Å². The minimum atomic E-state index is 0.227. The van der Waals surface area contributed by atoms with Crippen molar-refractivity contribution in [2.24, 2.45) is 0 Å². The Bertz CT molecular complexity index is 609. The first kappa shape index (κ1) is 20.5. The van der Waals surface area contributed by atoms with Crippen LogP contribution in [0.25, 0.3) is 0 Å². The van der Waals surface area contributed by atoms with Crippen LogP contribution in [0.5, 0.6) is 0 Å². The zero-order valence-electron chi connectivity index (χ0n) is 16.7. The molecule has 0 radical (unpaired) electrons. The van der Waals surface area contributed by atoms with Gasteiger partial charge < -0.3 is 4.90 Å². The third-order valence-electron chi connectivity index (χ3n) is 6.02. The fraction of sp³-hybridized carbons (Fsp3) is 0.520. The van der Waals surface area contributed by atoms with Gasteiger partial charge in [0.25, 0.3) is 0 Å². The van der Waals surface area contributed by atoms with Crippen molar-refractivity contribution < 1.29 is 0 Å². The van der Waals surface area contributed by atoms with Gasteiger partial charge in [-0.3, -0.25) is 0 Å². The molecule has 0 saturated carbocycles. The van der Waals surface area contributed by atoms with Crippen molar-refractivity contribution in [3.8, 4) is 0 Å². The van der Waals surface area contributed by atoms with Gasteiger partial charge in [0.2, 0.25) is 0 Å². The van der Waals surface area contributed by atoms with E-state index < -0.39 is 0 Å². The van der Waals surface area contributed by atoms with Crippen molar-refractivity contribution in [3.05, 3.63) is 66.2 Å². The van der Waals surface area contributed by atoms with Gasteiger partial charge in [0.05, 0.1) is 11.6 Å². The molecule has 0 amide bonds. The summed E-state index contributed by atoms with van der Waals surface area (Å²) in [6.45, 7) is 2.29. The molecule has 2 heteroatoms. The van der Waals surface area contributed by atoms with Crippen LogP contribution in [-0.4, -0.2) is 10.9 Å². The molecule has 1 nitrogen and oxygen atoms in total. The lowest BCUT2D eigenvalue weighted by Gasteiger charge is -2.16. The first-order valence-electron chi connectivity index (χ1n) is 10.8. The number of hydrogen-bond acceptors (Lipinski definition) is 1. The van der Waals surface area contributed by atoms with Gasteiger partial charge in [-0.15, -0.1) is 0 Å². The Kier molecular flexibility index (Phi) is 7.81. The molecule has 27 heavy (non-hydrogen) atoms. The van der Waals surface area contributed by atoms with Crippen LogP contribution in [0.15, 0.2) is 60.7 Å². The Labute approximate surface area is 174 Å². The van der Waals surface area contributed by atoms with Crippen molar-refractivity contribution in [1.82, 2.24) is 0 Å². The SMILES string of the molecule is CCCCCCCCCC[C@@]1(CBr)[C@@H](c2ccccc2)N1c1ccccc1. The number of alkyl halides is 1. The first-order chi connectivity index (χ1) is 13.3. The summed E-state index contributed by atoms with van der Waals surface area (Å²) in [5.41, 5.74) is 3.02. The van der Waals surface area contributed by atoms with Crippen LogP contribution in [-0.2, 0) is 0 Å². The number of halogens is 1. The molecule has 3 rings (SSSR count). The van der Waals surface area contributed by atoms with Gasteiger partial charge in [0, 0.05) is 11.0 Å². The predicted octanol–water partition coefficient (Wildman–Crippen LogP) is 7.91. The summed E-state index contributed by atoms with van der Waals surface area (Å²) in [5.74, 6) is 0. The van der Waals surface area contributed by atoms with Crippen LogP contribution in [0.2, 0.25) is 0 Å². The maximum atomic E-state index is 3.88. The number of para-hydroxylation sites is 1. The second kappa shape index (κ2) is 10.3. The molecule has 0 bridgehead atoms. The maximum Gasteiger partial charge on any atom is 0.0790 e. The fourth-order valence-electron chi connectivity index (χ4n) is 4.49. The normalized spacial score (nSPS) is 21.4. The zero-order chi connectivity index (χ0) is 19.0. The zero-order valence-corrected chi connectivity index (χ0v) is 18.3. The van der Waals surface area contributed by atoms with E-state index in [0.717, 1.165) is 5.33 Å². The minimum Gasteiger partial charge on any atom is -0.353 e. The first-order valence-corrected chi connectivity index (χ1v) is 11.9. The summed E-state index contributed by atoms with van der Waals surface area (Å²) < 4.78 is 0. The summed E-state index contributed by atoms with van der Waals surface area (Å²) in [7, 11) is 0. The highest BCUT2D eigenvalue weighted by Gasteiger charge is 2.61. The molecule has 0 unspecified atom stereocenters. The number of rotatable bonds is 12. The van der Waals surface area contributed by atoms with Gasteiger partial charge in [-0.25, -0.2) is 0 Å². The Morgan fingerprint density at radius 1 is 0.778 bits per heavy atom. The summed E-state index contributed by atoms with van der Waals surface area (Å²) in [6, 6.07) is 22.5. The average Bonchev–Trinajstić information content (AvgIpc) is 3.40. The molecule has 2 aromatic carbocycles. The van der Waals surface area contributed by atoms with Crippen LogP contribution in [0.4, 0.5) is 5.69 Å². The summed E-state index contributed by atoms with van der Waals surface area (Å²) in [6.07, 6.45) is 12.3. The molecule has 0 aromatic heterocycles. The monoisotopic (exact) mass is 427 g/mol. The fourth-order valence-corrected chi connectivity index (χ4v) is 5.35. The van der Waals surface area contributed by atoms with E-state index >= 15 is 0 Å². The molecule has 1 aliphatic heterocycles. The molecule has 2 atom stereocenters. The Hall–Kier alpha value is -1.28. The molecule has 0 aliphatic carbocycles. The lowest BCUT2D eigenvalue weighted by molar-refractivity contribution is 0.528. The third kappa shape index (κ3) is 4.96. The molecule has 146 valence electrons. The Morgan fingerprint density at radius 3 is 1.93 bits per heavy atom. The second-order valence-corrected chi connectivity index (χ2v) is 8.54. The number of benzene rings is 2. The van der Waals surface area contributed by atoms with Gasteiger partial charge in [-0.1, -0.05) is 123 Å². The van der Waals surface area contributed by atoms with Gasteiger partial charge in [0.1, 0.15) is 0 Å². The van der Waals surface area contributed by atoms with Gasteiger partial charge in [-0.2, -0.15) is 0 Å². The minimum absolute atomic E-state index is 0.227. The summed E-state index contributed by atoms with van der Waals surface area (Å²) >= 11 is 3.88. The smallest absolute Gasteiger partial charge is 0.0790 e. The lowest BCUT2D eigenvalue weighted by atomic mass is 9.94. The quantitative estimate of drug-likeness (QED) is 0.189. The molecule has 0 N–H and O–H groups in total. The second-order valence-electron chi connectivity index (χ2n) is 7.98. The van der Waals surface area contributed by atoms with Gasteiger partial charge in [-0.05, 0) is 24.1 Å². The maximum absolute atomic E-state index is 3.88. The van der Waals surface area contributed by atoms with Crippen molar-refractivity contribution in [2.75, 3.05) is 10.2 Å². The topological polar surface area (TPSA) is 3.01 Å². The van der Waals surface area contributed by atoms with E-state index in [1.807, 2.05) is 0 Å². The Morgan fingerprint density at radius 2 is 1.33 bits per heavy atom. The van der Waals surface area contributed by atoms with Crippen LogP contribution in [0.3, 0.4) is 0 Å². The van der Waals surface area contributed by atoms with Gasteiger partial charge >= 0.3 is 0 Å². The van der Waals surface area contributed by atoms with Crippen molar-refractivity contribution >= 4 is 21.6 Å². The molecule has 1 aliphatic rings. The highest BCUT2D eigenvalue weighted by molar-refractivity contribution is 9.09. The van der Waals surface area contributed by atoms with E-state index in [1.165, 1.54) is 69.0 Å². The van der Waals surface area contributed by atoms with Crippen LogP contribution < -0.4 is 4.90 Å². The summed E-state index contributed by atoms with van der Waals surface area (Å²) in [4.78, 5) is 2.64. The summed E-state index contributed by atoms with van der Waals surface area (Å²) in [5, 5.41) is 1.03. The highest BCUT2D eigenvalue weighted by atomic mass is 79.9. The van der Waals surface area contributed by atoms with Gasteiger partial charge in [0.15, 0.2) is 0 Å². The lowest BCUT2D eigenvalue weighted by Crippen LogP contribution is -2.20. The molecule has 1 fully saturated rings. The average molecular weight is 428 g/mol. The van der Waals surface area contributed by atoms with E-state index in [0.29, 0.717) is 6.04 Å². The molecular formula is C25H34BrN. The van der Waals surface area contributed by atoms with E-state index in [2.05, 4.69) is 88.4 Å². The standard InChI is InChI=1S/C25H34BrN/c1-2-3-4-5-6-7-8-15-20-25(21-26)24(22-16-11-9-12-17-22)27(25)23-18-13-10-14-19-23/h9-14,16-19,24H,2-8,15,20-21H2,1H3/t24-,25-,27?/m1/s1. The Balaban J connectivity index is 1.60. The molecule has 1 saturated heterocycles. The number of anilines is 1. The van der Waals surface area contributed by atoms with E-state index in [-0.39, 0.29) is 5.54 Å². The molecule has 0 spiro atoms. The number of nitrogens with zero attached hydrogens (tertiary/aromatic N) is 1. The van der Waals surface area contributed by atoms with Crippen molar-refractivity contribution in [1.29, 1.82) is 0 Å². The predicted molar refractivity (Wildman–Crippen MR) is 122 cm³/mol. The number of unbranched alkanes of at least 4 members (excludes halogenated alkanes) is 7. The molecular weight excluding hydrogens is 394 g/mol. The largest absolute Gasteiger partial charge is 0.353 e. The molecule has 1 heterocycles. The van der Waals surface area contributed by atoms with Crippen LogP contribution in [0.1, 0.15) is 76.3 Å². The van der Waals surface area contributed by atoms with E-state index in [9.17, 15) is 0 Å². The third-order valence-corrected chi connectivity index (χ3v) is 6.99. The van der Waals surface area contributed by atoms with Crippen molar-refractivity contribution in [3.63, 3.8) is 0 Å². The van der Waals surface area contributed by atoms with Crippen molar-refractivity contribution in [2.45, 2.75) is 76.3 Å². The van der Waals surface area contributed by atoms with Crippen LogP contribution >= 0.6 is 15.9 Å². The number of hydrogen-bond donors (Lipinski definition) is 0. The van der Waals surface area contributed by atoms with Crippen LogP contribution in [0, 0.1) is 0 Å². The van der Waals surface area contributed by atoms with E-state index in [1.54, 1.807) is 0 Å². The molecule has 2 aromatic rings. The highest BCUT2D eigenvalue weighted by Crippen LogP contribution is 2.59.